The second-order valence-electron chi connectivity index (χ2n) is 7.04. The summed E-state index contributed by atoms with van der Waals surface area (Å²) in [5.41, 5.74) is 0. The molecule has 0 rings (SSSR count). The van der Waals surface area contributed by atoms with Crippen LogP contribution in [0.5, 0.6) is 0 Å². The molecule has 0 heterocycles. The van der Waals surface area contributed by atoms with Gasteiger partial charge < -0.3 is 13.9 Å². The second-order valence-corrected chi connectivity index (χ2v) is 11.9. The third-order valence-corrected chi connectivity index (χ3v) is 8.71. The molecule has 118 valence electrons. The van der Waals surface area contributed by atoms with E-state index in [0.717, 1.165) is 0 Å². The number of rotatable bonds is 8. The van der Waals surface area contributed by atoms with Gasteiger partial charge in [-0.05, 0) is 25.1 Å². The lowest BCUT2D eigenvalue weighted by Crippen LogP contribution is -2.43. The second kappa shape index (κ2) is 8.19. The Hall–Kier alpha value is -0.343. The van der Waals surface area contributed by atoms with Gasteiger partial charge in [-0.3, -0.25) is 0 Å². The third-order valence-electron chi connectivity index (χ3n) is 4.21. The maximum Gasteiger partial charge on any atom is 0.191 e. The molecule has 0 aromatic carbocycles. The first-order chi connectivity index (χ1) is 9.06. The predicted molar refractivity (Wildman–Crippen MR) is 87.1 cm³/mol. The number of terminal acetylenes is 1. The van der Waals surface area contributed by atoms with E-state index in [1.807, 2.05) is 6.92 Å². The summed E-state index contributed by atoms with van der Waals surface area (Å²) in [6.07, 6.45) is 5.49. The van der Waals surface area contributed by atoms with Gasteiger partial charge >= 0.3 is 0 Å². The lowest BCUT2D eigenvalue weighted by Gasteiger charge is -2.38. The van der Waals surface area contributed by atoms with E-state index in [-0.39, 0.29) is 29.8 Å². The number of hydrogen-bond acceptors (Lipinski definition) is 3. The van der Waals surface area contributed by atoms with Gasteiger partial charge in [0.2, 0.25) is 0 Å². The first-order valence-corrected chi connectivity index (χ1v) is 10.2. The van der Waals surface area contributed by atoms with E-state index >= 15 is 0 Å². The highest BCUT2D eigenvalue weighted by Gasteiger charge is 2.38. The molecule has 3 atom stereocenters. The summed E-state index contributed by atoms with van der Waals surface area (Å²) in [4.78, 5) is 0. The van der Waals surface area contributed by atoms with Crippen molar-refractivity contribution in [3.63, 3.8) is 0 Å². The summed E-state index contributed by atoms with van der Waals surface area (Å²) >= 11 is 0. The Balaban J connectivity index is 4.62. The van der Waals surface area contributed by atoms with Crippen LogP contribution in [0.3, 0.4) is 0 Å². The van der Waals surface area contributed by atoms with Gasteiger partial charge in [-0.2, -0.15) is 0 Å². The molecular formula is C16H32O3Si. The molecule has 0 aliphatic heterocycles. The number of hydrogen-bond donors (Lipinski definition) is 0. The van der Waals surface area contributed by atoms with E-state index in [1.54, 1.807) is 7.11 Å². The molecule has 0 saturated carbocycles. The van der Waals surface area contributed by atoms with Crippen LogP contribution in [0.2, 0.25) is 18.1 Å². The molecule has 0 N–H and O–H groups in total. The van der Waals surface area contributed by atoms with Crippen LogP contribution in [-0.4, -0.2) is 34.9 Å². The van der Waals surface area contributed by atoms with Crippen molar-refractivity contribution in [1.29, 1.82) is 0 Å². The SMILES string of the molecule is C#C[C@@H](C)[C@@H](OCOC)[C@@H](C)CO[Si](C)(C)C(C)(C)C. The first kappa shape index (κ1) is 19.7. The van der Waals surface area contributed by atoms with Gasteiger partial charge in [0, 0.05) is 25.6 Å². The Morgan fingerprint density at radius 1 is 1.20 bits per heavy atom. The van der Waals surface area contributed by atoms with Crippen molar-refractivity contribution in [2.24, 2.45) is 11.8 Å². The first-order valence-electron chi connectivity index (χ1n) is 7.27. The molecule has 0 radical (unpaired) electrons. The van der Waals surface area contributed by atoms with Gasteiger partial charge in [0.25, 0.3) is 0 Å². The van der Waals surface area contributed by atoms with E-state index < -0.39 is 8.32 Å². The zero-order chi connectivity index (χ0) is 16.0. The van der Waals surface area contributed by atoms with Gasteiger partial charge in [-0.25, -0.2) is 0 Å². The van der Waals surface area contributed by atoms with Gasteiger partial charge in [-0.1, -0.05) is 27.7 Å². The fraction of sp³-hybridized carbons (Fsp3) is 0.875. The molecule has 0 amide bonds. The molecule has 0 fully saturated rings. The molecule has 0 aromatic rings. The zero-order valence-electron chi connectivity index (χ0n) is 14.4. The minimum atomic E-state index is -1.73. The Morgan fingerprint density at radius 2 is 1.75 bits per heavy atom. The quantitative estimate of drug-likeness (QED) is 0.386. The summed E-state index contributed by atoms with van der Waals surface area (Å²) < 4.78 is 17.0. The fourth-order valence-corrected chi connectivity index (χ4v) is 2.81. The van der Waals surface area contributed by atoms with Gasteiger partial charge in [0.15, 0.2) is 8.32 Å². The molecule has 0 aromatic heterocycles. The molecule has 0 unspecified atom stereocenters. The van der Waals surface area contributed by atoms with Crippen LogP contribution in [0, 0.1) is 24.2 Å². The minimum Gasteiger partial charge on any atom is -0.416 e. The molecule has 3 nitrogen and oxygen atoms in total. The fourth-order valence-electron chi connectivity index (χ4n) is 1.69. The number of methoxy groups -OCH3 is 1. The van der Waals surface area contributed by atoms with Crippen molar-refractivity contribution in [1.82, 2.24) is 0 Å². The van der Waals surface area contributed by atoms with Crippen molar-refractivity contribution in [2.45, 2.75) is 58.9 Å². The summed E-state index contributed by atoms with van der Waals surface area (Å²) in [5.74, 6) is 3.04. The summed E-state index contributed by atoms with van der Waals surface area (Å²) in [5, 5.41) is 0.216. The summed E-state index contributed by atoms with van der Waals surface area (Å²) in [7, 11) is -0.109. The Morgan fingerprint density at radius 3 is 2.15 bits per heavy atom. The molecule has 0 aliphatic carbocycles. The smallest absolute Gasteiger partial charge is 0.191 e. The summed E-state index contributed by atoms with van der Waals surface area (Å²) in [6, 6.07) is 0. The van der Waals surface area contributed by atoms with E-state index in [2.05, 4.69) is 46.7 Å². The lowest BCUT2D eigenvalue weighted by molar-refractivity contribution is -0.105. The van der Waals surface area contributed by atoms with Crippen molar-refractivity contribution < 1.29 is 13.9 Å². The van der Waals surface area contributed by atoms with Crippen LogP contribution in [0.25, 0.3) is 0 Å². The number of ether oxygens (including phenoxy) is 2. The van der Waals surface area contributed by atoms with Crippen molar-refractivity contribution in [2.75, 3.05) is 20.5 Å². The van der Waals surface area contributed by atoms with E-state index in [9.17, 15) is 0 Å². The monoisotopic (exact) mass is 300 g/mol. The maximum absolute atomic E-state index is 6.26. The topological polar surface area (TPSA) is 27.7 Å². The molecule has 0 saturated heterocycles. The Labute approximate surface area is 126 Å². The molecule has 0 bridgehead atoms. The molecule has 20 heavy (non-hydrogen) atoms. The van der Waals surface area contributed by atoms with Crippen LogP contribution in [0.4, 0.5) is 0 Å². The van der Waals surface area contributed by atoms with Crippen LogP contribution < -0.4 is 0 Å². The normalized spacial score (nSPS) is 17.4. The largest absolute Gasteiger partial charge is 0.416 e. The zero-order valence-corrected chi connectivity index (χ0v) is 15.4. The predicted octanol–water partition coefficient (Wildman–Crippen LogP) is 3.90. The molecule has 0 spiro atoms. The van der Waals surface area contributed by atoms with E-state index in [4.69, 9.17) is 20.3 Å². The lowest BCUT2D eigenvalue weighted by atomic mass is 9.94. The highest BCUT2D eigenvalue weighted by atomic mass is 28.4. The molecule has 4 heteroatoms. The van der Waals surface area contributed by atoms with Crippen molar-refractivity contribution in [3.05, 3.63) is 0 Å². The average Bonchev–Trinajstić information content (AvgIpc) is 2.35. The van der Waals surface area contributed by atoms with Gasteiger partial charge in [-0.15, -0.1) is 12.3 Å². The van der Waals surface area contributed by atoms with Crippen LogP contribution in [0.15, 0.2) is 0 Å². The van der Waals surface area contributed by atoms with E-state index in [0.29, 0.717) is 6.61 Å². The third kappa shape index (κ3) is 5.97. The highest BCUT2D eigenvalue weighted by molar-refractivity contribution is 6.74. The van der Waals surface area contributed by atoms with Crippen LogP contribution in [-0.2, 0) is 13.9 Å². The van der Waals surface area contributed by atoms with Crippen molar-refractivity contribution in [3.8, 4) is 12.3 Å². The minimum absolute atomic E-state index is 0.0373. The van der Waals surface area contributed by atoms with Crippen LogP contribution in [0.1, 0.15) is 34.6 Å². The average molecular weight is 301 g/mol. The molecule has 0 aliphatic rings. The van der Waals surface area contributed by atoms with E-state index in [1.165, 1.54) is 0 Å². The molecular weight excluding hydrogens is 268 g/mol. The highest BCUT2D eigenvalue weighted by Crippen LogP contribution is 2.37. The van der Waals surface area contributed by atoms with Gasteiger partial charge in [0.1, 0.15) is 6.79 Å². The maximum atomic E-state index is 6.26. The van der Waals surface area contributed by atoms with Crippen LogP contribution >= 0.6 is 0 Å². The standard InChI is InChI=1S/C16H32O3Si/c1-10-13(2)15(18-12-17-7)14(3)11-19-20(8,9)16(4,5)6/h1,13-15H,11-12H2,2-9H3/t13-,14+,15-/m1/s1. The Bertz CT molecular complexity index is 315. The van der Waals surface area contributed by atoms with Gasteiger partial charge in [0.05, 0.1) is 6.10 Å². The van der Waals surface area contributed by atoms with Crippen molar-refractivity contribution >= 4 is 8.32 Å². The summed E-state index contributed by atoms with van der Waals surface area (Å²) in [6.45, 7) is 16.3. The Kier molecular flexibility index (Phi) is 8.05.